The number of carbonyl (C=O) groups is 1. The minimum Gasteiger partial charge on any atom is -0.357 e. The third kappa shape index (κ3) is 5.50. The summed E-state index contributed by atoms with van der Waals surface area (Å²) >= 11 is 0. The molecular weight excluding hydrogens is 276 g/mol. The lowest BCUT2D eigenvalue weighted by molar-refractivity contribution is -0.121. The van der Waals surface area contributed by atoms with E-state index in [0.29, 0.717) is 17.9 Å². The number of carbonyl (C=O) groups excluding carboxylic acids is 1. The van der Waals surface area contributed by atoms with Crippen LogP contribution in [0.5, 0.6) is 0 Å². The molecule has 2 fully saturated rings. The zero-order chi connectivity index (χ0) is 15.8. The third-order valence-electron chi connectivity index (χ3n) is 4.90. The van der Waals surface area contributed by atoms with Crippen molar-refractivity contribution >= 4 is 11.9 Å². The summed E-state index contributed by atoms with van der Waals surface area (Å²) in [5.41, 5.74) is 0.451. The van der Waals surface area contributed by atoms with Crippen LogP contribution in [0.1, 0.15) is 65.2 Å². The Morgan fingerprint density at radius 2 is 2.00 bits per heavy atom. The van der Waals surface area contributed by atoms with Gasteiger partial charge in [-0.2, -0.15) is 0 Å². The van der Waals surface area contributed by atoms with Gasteiger partial charge < -0.3 is 16.0 Å². The molecule has 2 rings (SSSR count). The second kappa shape index (κ2) is 8.39. The van der Waals surface area contributed by atoms with Crippen LogP contribution in [-0.2, 0) is 4.79 Å². The predicted octanol–water partition coefficient (Wildman–Crippen LogP) is 2.18. The fourth-order valence-electron chi connectivity index (χ4n) is 2.87. The van der Waals surface area contributed by atoms with Gasteiger partial charge in [-0.25, -0.2) is 0 Å². The molecule has 22 heavy (non-hydrogen) atoms. The summed E-state index contributed by atoms with van der Waals surface area (Å²) in [7, 11) is 0. The molecule has 126 valence electrons. The molecule has 0 unspecified atom stereocenters. The molecule has 5 nitrogen and oxygen atoms in total. The quantitative estimate of drug-likeness (QED) is 0.347. The summed E-state index contributed by atoms with van der Waals surface area (Å²) in [6.45, 7) is 6.93. The van der Waals surface area contributed by atoms with E-state index < -0.39 is 0 Å². The Balaban J connectivity index is 1.65. The molecular formula is C17H32N4O. The number of guanidine groups is 1. The smallest absolute Gasteiger partial charge is 0.220 e. The first kappa shape index (κ1) is 17.1. The van der Waals surface area contributed by atoms with Crippen molar-refractivity contribution in [2.24, 2.45) is 10.4 Å². The number of nitrogens with zero attached hydrogens (tertiary/aromatic N) is 1. The highest BCUT2D eigenvalue weighted by molar-refractivity contribution is 5.80. The maximum Gasteiger partial charge on any atom is 0.220 e. The molecule has 3 N–H and O–H groups in total. The molecule has 2 aliphatic carbocycles. The largest absolute Gasteiger partial charge is 0.357 e. The second-order valence-electron chi connectivity index (χ2n) is 6.77. The zero-order valence-corrected chi connectivity index (χ0v) is 14.2. The van der Waals surface area contributed by atoms with Gasteiger partial charge in [0.05, 0.1) is 0 Å². The first-order valence-electron chi connectivity index (χ1n) is 8.99. The lowest BCUT2D eigenvalue weighted by atomic mass is 9.67. The molecule has 2 aliphatic rings. The van der Waals surface area contributed by atoms with E-state index in [9.17, 15) is 4.79 Å². The van der Waals surface area contributed by atoms with Crippen molar-refractivity contribution in [3.05, 3.63) is 0 Å². The standard InChI is InChI=1S/C17H32N4O/c1-3-17(10-6-11-17)13-20-16(18-4-2)19-12-5-7-15(22)21-14-8-9-14/h14H,3-13H2,1-2H3,(H,21,22)(H2,18,19,20). The van der Waals surface area contributed by atoms with Crippen molar-refractivity contribution in [3.8, 4) is 0 Å². The van der Waals surface area contributed by atoms with Gasteiger partial charge >= 0.3 is 0 Å². The van der Waals surface area contributed by atoms with Gasteiger partial charge in [-0.1, -0.05) is 13.3 Å². The molecule has 0 radical (unpaired) electrons. The van der Waals surface area contributed by atoms with E-state index >= 15 is 0 Å². The van der Waals surface area contributed by atoms with Gasteiger partial charge in [0.1, 0.15) is 0 Å². The third-order valence-corrected chi connectivity index (χ3v) is 4.90. The minimum absolute atomic E-state index is 0.186. The highest BCUT2D eigenvalue weighted by atomic mass is 16.1. The number of hydrogen-bond donors (Lipinski definition) is 3. The van der Waals surface area contributed by atoms with Gasteiger partial charge in [-0.15, -0.1) is 0 Å². The Morgan fingerprint density at radius 1 is 1.23 bits per heavy atom. The van der Waals surface area contributed by atoms with Crippen LogP contribution in [0.4, 0.5) is 0 Å². The topological polar surface area (TPSA) is 65.5 Å². The number of amides is 1. The maximum absolute atomic E-state index is 11.6. The lowest BCUT2D eigenvalue weighted by Gasteiger charge is -2.40. The van der Waals surface area contributed by atoms with Gasteiger partial charge in [0.2, 0.25) is 5.91 Å². The van der Waals surface area contributed by atoms with Crippen molar-refractivity contribution in [2.75, 3.05) is 19.6 Å². The fraction of sp³-hybridized carbons (Fsp3) is 0.882. The van der Waals surface area contributed by atoms with Crippen LogP contribution in [-0.4, -0.2) is 37.5 Å². The van der Waals surface area contributed by atoms with E-state index in [1.807, 2.05) is 0 Å². The van der Waals surface area contributed by atoms with Gasteiger partial charge in [0.25, 0.3) is 0 Å². The molecule has 1 amide bonds. The first-order valence-corrected chi connectivity index (χ1v) is 8.99. The molecule has 0 bridgehead atoms. The molecule has 0 aromatic rings. The zero-order valence-electron chi connectivity index (χ0n) is 14.2. The summed E-state index contributed by atoms with van der Waals surface area (Å²) < 4.78 is 0. The Bertz CT molecular complexity index is 381. The molecule has 0 atom stereocenters. The van der Waals surface area contributed by atoms with Crippen molar-refractivity contribution in [2.45, 2.75) is 71.3 Å². The van der Waals surface area contributed by atoms with E-state index in [1.54, 1.807) is 0 Å². The number of nitrogens with one attached hydrogen (secondary N) is 3. The molecule has 2 saturated carbocycles. The van der Waals surface area contributed by atoms with E-state index in [1.165, 1.54) is 25.7 Å². The average Bonchev–Trinajstić information content (AvgIpc) is 3.26. The highest BCUT2D eigenvalue weighted by Crippen LogP contribution is 2.43. The maximum atomic E-state index is 11.6. The Kier molecular flexibility index (Phi) is 6.52. The Morgan fingerprint density at radius 3 is 2.55 bits per heavy atom. The Labute approximate surface area is 134 Å². The van der Waals surface area contributed by atoms with Crippen molar-refractivity contribution in [1.29, 1.82) is 0 Å². The van der Waals surface area contributed by atoms with Crippen LogP contribution in [0.3, 0.4) is 0 Å². The van der Waals surface area contributed by atoms with E-state index in [4.69, 9.17) is 4.99 Å². The molecule has 0 aromatic carbocycles. The monoisotopic (exact) mass is 308 g/mol. The van der Waals surface area contributed by atoms with Crippen LogP contribution in [0.25, 0.3) is 0 Å². The minimum atomic E-state index is 0.186. The van der Waals surface area contributed by atoms with Crippen LogP contribution in [0, 0.1) is 5.41 Å². The second-order valence-corrected chi connectivity index (χ2v) is 6.77. The molecule has 5 heteroatoms. The van der Waals surface area contributed by atoms with Crippen LogP contribution in [0.15, 0.2) is 4.99 Å². The number of aliphatic imine (C=N–C) groups is 1. The lowest BCUT2D eigenvalue weighted by Crippen LogP contribution is -2.40. The van der Waals surface area contributed by atoms with E-state index in [0.717, 1.165) is 44.9 Å². The van der Waals surface area contributed by atoms with Gasteiger partial charge in [0.15, 0.2) is 5.96 Å². The predicted molar refractivity (Wildman–Crippen MR) is 91.0 cm³/mol. The molecule has 0 aliphatic heterocycles. The number of rotatable bonds is 9. The molecule has 0 spiro atoms. The normalized spacial score (nSPS) is 20.2. The first-order chi connectivity index (χ1) is 10.7. The van der Waals surface area contributed by atoms with Crippen LogP contribution < -0.4 is 16.0 Å². The molecule has 0 saturated heterocycles. The summed E-state index contributed by atoms with van der Waals surface area (Å²) in [6, 6.07) is 0.465. The van der Waals surface area contributed by atoms with Crippen LogP contribution >= 0.6 is 0 Å². The van der Waals surface area contributed by atoms with Crippen molar-refractivity contribution in [1.82, 2.24) is 16.0 Å². The number of hydrogen-bond acceptors (Lipinski definition) is 2. The average molecular weight is 308 g/mol. The summed E-state index contributed by atoms with van der Waals surface area (Å²) in [4.78, 5) is 16.4. The summed E-state index contributed by atoms with van der Waals surface area (Å²) in [5, 5.41) is 9.67. The van der Waals surface area contributed by atoms with Gasteiger partial charge in [-0.3, -0.25) is 9.79 Å². The summed E-state index contributed by atoms with van der Waals surface area (Å²) in [5.74, 6) is 1.08. The molecule has 0 heterocycles. The Hall–Kier alpha value is -1.26. The van der Waals surface area contributed by atoms with Crippen molar-refractivity contribution in [3.63, 3.8) is 0 Å². The van der Waals surface area contributed by atoms with E-state index in [2.05, 4.69) is 29.8 Å². The van der Waals surface area contributed by atoms with E-state index in [-0.39, 0.29) is 5.91 Å². The highest BCUT2D eigenvalue weighted by Gasteiger charge is 2.34. The van der Waals surface area contributed by atoms with Crippen LogP contribution in [0.2, 0.25) is 0 Å². The molecule has 0 aromatic heterocycles. The SMILES string of the molecule is CCNC(=NCC1(CC)CCC1)NCCCC(=O)NC1CC1. The van der Waals surface area contributed by atoms with Gasteiger partial charge in [-0.05, 0) is 50.9 Å². The fourth-order valence-corrected chi connectivity index (χ4v) is 2.87. The summed E-state index contributed by atoms with van der Waals surface area (Å²) in [6.07, 6.45) is 8.95. The van der Waals surface area contributed by atoms with Crippen molar-refractivity contribution < 1.29 is 4.79 Å². The van der Waals surface area contributed by atoms with Gasteiger partial charge in [0, 0.05) is 32.1 Å².